The van der Waals surface area contributed by atoms with Crippen LogP contribution in [0.2, 0.25) is 0 Å². The van der Waals surface area contributed by atoms with Crippen LogP contribution in [0.15, 0.2) is 18.2 Å². The van der Waals surface area contributed by atoms with Gasteiger partial charge >= 0.3 is 0 Å². The molecule has 4 heterocycles. The monoisotopic (exact) mass is 382 g/mol. The molecular weight excluding hydrogens is 356 g/mol. The maximum Gasteiger partial charge on any atom is 0.255 e. The third-order valence-corrected chi connectivity index (χ3v) is 6.73. The first-order chi connectivity index (χ1) is 13.6. The summed E-state index contributed by atoms with van der Waals surface area (Å²) in [5.41, 5.74) is 2.90. The van der Waals surface area contributed by atoms with Crippen LogP contribution in [0.4, 0.5) is 0 Å². The highest BCUT2D eigenvalue weighted by molar-refractivity contribution is 6.05. The Morgan fingerprint density at radius 3 is 2.86 bits per heavy atom. The molecule has 5 rings (SSSR count). The highest BCUT2D eigenvalue weighted by atomic mass is 16.2. The van der Waals surface area contributed by atoms with Crippen molar-refractivity contribution in [1.29, 1.82) is 0 Å². The van der Waals surface area contributed by atoms with E-state index in [-0.39, 0.29) is 24.1 Å². The van der Waals surface area contributed by atoms with Gasteiger partial charge < -0.3 is 10.2 Å². The summed E-state index contributed by atoms with van der Waals surface area (Å²) in [5, 5.41) is 5.95. The highest BCUT2D eigenvalue weighted by Gasteiger charge is 2.39. The van der Waals surface area contributed by atoms with Crippen molar-refractivity contribution >= 4 is 17.7 Å². The Labute approximate surface area is 164 Å². The number of nitrogens with one attached hydrogen (secondary N) is 2. The van der Waals surface area contributed by atoms with E-state index in [9.17, 15) is 14.4 Å². The van der Waals surface area contributed by atoms with E-state index in [1.54, 1.807) is 4.90 Å². The maximum atomic E-state index is 12.8. The van der Waals surface area contributed by atoms with E-state index in [0.29, 0.717) is 24.6 Å². The van der Waals surface area contributed by atoms with Crippen LogP contribution in [-0.4, -0.2) is 59.2 Å². The van der Waals surface area contributed by atoms with Crippen molar-refractivity contribution in [2.75, 3.05) is 19.6 Å². The fraction of sp³-hybridized carbons (Fsp3) is 0.571. The quantitative estimate of drug-likeness (QED) is 0.750. The Kier molecular flexibility index (Phi) is 4.44. The number of amides is 3. The summed E-state index contributed by atoms with van der Waals surface area (Å²) in [5.74, 6) is 0.0428. The van der Waals surface area contributed by atoms with Gasteiger partial charge in [-0.25, -0.2) is 0 Å². The van der Waals surface area contributed by atoms with Crippen LogP contribution < -0.4 is 10.6 Å². The summed E-state index contributed by atoms with van der Waals surface area (Å²) in [6, 6.07) is 6.22. The lowest BCUT2D eigenvalue weighted by Crippen LogP contribution is -2.52. The largest absolute Gasteiger partial charge is 0.322 e. The minimum absolute atomic E-state index is 0.103. The summed E-state index contributed by atoms with van der Waals surface area (Å²) < 4.78 is 0. The van der Waals surface area contributed by atoms with Crippen LogP contribution in [0, 0.1) is 5.92 Å². The predicted molar refractivity (Wildman–Crippen MR) is 102 cm³/mol. The fourth-order valence-corrected chi connectivity index (χ4v) is 5.25. The van der Waals surface area contributed by atoms with Gasteiger partial charge in [-0.15, -0.1) is 0 Å². The smallest absolute Gasteiger partial charge is 0.255 e. The van der Waals surface area contributed by atoms with E-state index in [0.717, 1.165) is 37.7 Å². The maximum absolute atomic E-state index is 12.8. The lowest BCUT2D eigenvalue weighted by atomic mass is 9.93. The number of piperidine rings is 2. The lowest BCUT2D eigenvalue weighted by molar-refractivity contribution is -0.136. The Bertz CT molecular complexity index is 839. The van der Waals surface area contributed by atoms with E-state index >= 15 is 0 Å². The van der Waals surface area contributed by atoms with E-state index in [2.05, 4.69) is 21.6 Å². The van der Waals surface area contributed by atoms with Gasteiger partial charge in [0.1, 0.15) is 6.04 Å². The molecule has 0 aromatic heterocycles. The molecule has 0 saturated carbocycles. The predicted octanol–water partition coefficient (Wildman–Crippen LogP) is 0.631. The normalized spacial score (nSPS) is 30.4. The molecule has 0 bridgehead atoms. The van der Waals surface area contributed by atoms with Crippen molar-refractivity contribution in [3.05, 3.63) is 34.9 Å². The minimum atomic E-state index is -0.546. The number of hydrogen-bond acceptors (Lipinski definition) is 5. The van der Waals surface area contributed by atoms with Gasteiger partial charge in [-0.05, 0) is 55.5 Å². The molecule has 1 aromatic carbocycles. The molecule has 7 nitrogen and oxygen atoms in total. The van der Waals surface area contributed by atoms with Crippen molar-refractivity contribution in [3.8, 4) is 0 Å². The first kappa shape index (κ1) is 17.8. The summed E-state index contributed by atoms with van der Waals surface area (Å²) in [6.45, 7) is 4.73. The number of fused-ring (bicyclic) bond motifs is 2. The van der Waals surface area contributed by atoms with Gasteiger partial charge in [0.05, 0.1) is 0 Å². The number of rotatable bonds is 3. The van der Waals surface area contributed by atoms with Gasteiger partial charge in [-0.3, -0.25) is 24.6 Å². The Morgan fingerprint density at radius 1 is 1.11 bits per heavy atom. The molecule has 0 radical (unpaired) electrons. The molecule has 3 amide bonds. The number of benzene rings is 1. The van der Waals surface area contributed by atoms with E-state index in [1.807, 2.05) is 12.1 Å². The molecule has 3 saturated heterocycles. The second-order valence-electron chi connectivity index (χ2n) is 8.52. The van der Waals surface area contributed by atoms with E-state index in [4.69, 9.17) is 0 Å². The molecule has 1 unspecified atom stereocenters. The van der Waals surface area contributed by atoms with Crippen molar-refractivity contribution in [1.82, 2.24) is 20.4 Å². The zero-order valence-corrected chi connectivity index (χ0v) is 15.9. The Hall–Kier alpha value is -2.25. The molecular formula is C21H26N4O3. The molecule has 4 aliphatic heterocycles. The SMILES string of the molecule is O=C1CCC(N2Cc3cc(CN4CC[C@@H]5NCC[C@@H]5C4)ccc3C2=O)C(=O)N1. The summed E-state index contributed by atoms with van der Waals surface area (Å²) in [6.07, 6.45) is 3.16. The first-order valence-electron chi connectivity index (χ1n) is 10.3. The zero-order chi connectivity index (χ0) is 19.3. The zero-order valence-electron chi connectivity index (χ0n) is 15.9. The molecule has 148 valence electrons. The molecule has 1 aromatic rings. The molecule has 7 heteroatoms. The van der Waals surface area contributed by atoms with Crippen molar-refractivity contribution < 1.29 is 14.4 Å². The summed E-state index contributed by atoms with van der Waals surface area (Å²) in [7, 11) is 0. The number of nitrogens with zero attached hydrogens (tertiary/aromatic N) is 2. The average Bonchev–Trinajstić information content (AvgIpc) is 3.26. The molecule has 0 spiro atoms. The van der Waals surface area contributed by atoms with Crippen molar-refractivity contribution in [3.63, 3.8) is 0 Å². The Morgan fingerprint density at radius 2 is 2.00 bits per heavy atom. The number of imide groups is 1. The van der Waals surface area contributed by atoms with Crippen LogP contribution in [0.1, 0.15) is 47.2 Å². The molecule has 28 heavy (non-hydrogen) atoms. The second kappa shape index (κ2) is 6.97. The van der Waals surface area contributed by atoms with Crippen LogP contribution in [-0.2, 0) is 22.7 Å². The standard InChI is InChI=1S/C21H26N4O3/c26-19-4-3-18(20(27)23-19)25-12-15-9-13(1-2-16(15)21(25)28)10-24-8-6-17-14(11-24)5-7-22-17/h1-2,9,14,17-18,22H,3-8,10-12H2,(H,23,26,27)/t14-,17+,18?/m1/s1. The van der Waals surface area contributed by atoms with Gasteiger partial charge in [0.2, 0.25) is 11.8 Å². The molecule has 2 N–H and O–H groups in total. The fourth-order valence-electron chi connectivity index (χ4n) is 5.25. The second-order valence-corrected chi connectivity index (χ2v) is 8.52. The molecule has 3 fully saturated rings. The number of likely N-dealkylation sites (tertiary alicyclic amines) is 1. The van der Waals surface area contributed by atoms with Crippen LogP contribution in [0.3, 0.4) is 0 Å². The van der Waals surface area contributed by atoms with Gasteiger partial charge in [0.15, 0.2) is 0 Å². The highest BCUT2D eigenvalue weighted by Crippen LogP contribution is 2.30. The van der Waals surface area contributed by atoms with Crippen LogP contribution >= 0.6 is 0 Å². The third kappa shape index (κ3) is 3.12. The number of hydrogen-bond donors (Lipinski definition) is 2. The van der Waals surface area contributed by atoms with Crippen LogP contribution in [0.25, 0.3) is 0 Å². The summed E-state index contributed by atoms with van der Waals surface area (Å²) in [4.78, 5) is 40.5. The molecule has 4 aliphatic rings. The van der Waals surface area contributed by atoms with Gasteiger partial charge in [-0.2, -0.15) is 0 Å². The Balaban J connectivity index is 1.28. The topological polar surface area (TPSA) is 81.8 Å². The van der Waals surface area contributed by atoms with Crippen molar-refractivity contribution in [2.24, 2.45) is 5.92 Å². The minimum Gasteiger partial charge on any atom is -0.322 e. The number of carbonyl (C=O) groups is 3. The molecule has 0 aliphatic carbocycles. The van der Waals surface area contributed by atoms with E-state index < -0.39 is 6.04 Å². The van der Waals surface area contributed by atoms with Gasteiger partial charge in [0, 0.05) is 37.7 Å². The summed E-state index contributed by atoms with van der Waals surface area (Å²) >= 11 is 0. The van der Waals surface area contributed by atoms with Gasteiger partial charge in [-0.1, -0.05) is 12.1 Å². The van der Waals surface area contributed by atoms with E-state index in [1.165, 1.54) is 18.4 Å². The third-order valence-electron chi connectivity index (χ3n) is 6.73. The first-order valence-corrected chi connectivity index (χ1v) is 10.3. The lowest BCUT2D eigenvalue weighted by Gasteiger charge is -2.34. The molecule has 3 atom stereocenters. The van der Waals surface area contributed by atoms with Crippen molar-refractivity contribution in [2.45, 2.75) is 50.9 Å². The van der Waals surface area contributed by atoms with Gasteiger partial charge in [0.25, 0.3) is 5.91 Å². The van der Waals surface area contributed by atoms with Crippen LogP contribution in [0.5, 0.6) is 0 Å². The average molecular weight is 382 g/mol. The number of carbonyl (C=O) groups excluding carboxylic acids is 3.